The van der Waals surface area contributed by atoms with E-state index in [9.17, 15) is 4.79 Å². The van der Waals surface area contributed by atoms with Gasteiger partial charge in [0.05, 0.1) is 12.8 Å². The molecule has 1 heterocycles. The van der Waals surface area contributed by atoms with Crippen LogP contribution in [-0.2, 0) is 4.79 Å². The van der Waals surface area contributed by atoms with Gasteiger partial charge in [0.1, 0.15) is 5.75 Å². The highest BCUT2D eigenvalue weighted by Gasteiger charge is 2.17. The Morgan fingerprint density at radius 1 is 1.32 bits per heavy atom. The number of nitrogens with zero attached hydrogens (tertiary/aromatic N) is 2. The number of hydrogen-bond donors (Lipinski definition) is 2. The van der Waals surface area contributed by atoms with Crippen LogP contribution in [0.15, 0.2) is 36.5 Å². The predicted molar refractivity (Wildman–Crippen MR) is 68.6 cm³/mol. The maximum absolute atomic E-state index is 10.8. The lowest BCUT2D eigenvalue weighted by Gasteiger charge is -2.07. The van der Waals surface area contributed by atoms with E-state index >= 15 is 0 Å². The van der Waals surface area contributed by atoms with Crippen LogP contribution in [0.5, 0.6) is 5.75 Å². The highest BCUT2D eigenvalue weighted by atomic mass is 16.5. The average Bonchev–Trinajstić information content (AvgIpc) is 2.46. The number of aliphatic carboxylic acids is 1. The molecule has 98 valence electrons. The molecule has 0 bridgehead atoms. The molecule has 0 spiro atoms. The monoisotopic (exact) mass is 259 g/mol. The smallest absolute Gasteiger partial charge is 0.328 e. The van der Waals surface area contributed by atoms with Crippen molar-refractivity contribution in [3.63, 3.8) is 0 Å². The minimum atomic E-state index is -1.22. The van der Waals surface area contributed by atoms with Gasteiger partial charge in [0.15, 0.2) is 11.9 Å². The lowest BCUT2D eigenvalue weighted by Crippen LogP contribution is -2.23. The van der Waals surface area contributed by atoms with E-state index in [4.69, 9.17) is 15.6 Å². The van der Waals surface area contributed by atoms with Crippen LogP contribution in [0.1, 0.15) is 11.9 Å². The molecule has 0 aliphatic carbocycles. The molecule has 1 unspecified atom stereocenters. The molecule has 0 aliphatic rings. The second kappa shape index (κ2) is 5.45. The van der Waals surface area contributed by atoms with Gasteiger partial charge in [0.2, 0.25) is 0 Å². The van der Waals surface area contributed by atoms with E-state index in [1.807, 2.05) is 12.1 Å². The molecule has 19 heavy (non-hydrogen) atoms. The van der Waals surface area contributed by atoms with Gasteiger partial charge in [-0.15, -0.1) is 0 Å². The molecule has 1 atom stereocenters. The second-order valence-electron chi connectivity index (χ2n) is 3.84. The van der Waals surface area contributed by atoms with Crippen LogP contribution >= 0.6 is 0 Å². The standard InChI is InChI=1S/C13H13N3O3/c1-19-9-4-2-8(3-5-9)10-6-7-15-12(16-10)11(14)13(17)18/h2-7,11H,14H2,1H3,(H,17,18). The Hall–Kier alpha value is -2.47. The Kier molecular flexibility index (Phi) is 3.72. The predicted octanol–water partition coefficient (Wildman–Crippen LogP) is 1.24. The lowest BCUT2D eigenvalue weighted by molar-refractivity contribution is -0.138. The molecule has 1 aromatic heterocycles. The van der Waals surface area contributed by atoms with Gasteiger partial charge in [0, 0.05) is 11.8 Å². The van der Waals surface area contributed by atoms with E-state index in [-0.39, 0.29) is 5.82 Å². The van der Waals surface area contributed by atoms with Crippen molar-refractivity contribution in [3.05, 3.63) is 42.4 Å². The third-order valence-corrected chi connectivity index (χ3v) is 2.60. The first-order valence-electron chi connectivity index (χ1n) is 5.57. The van der Waals surface area contributed by atoms with Crippen LogP contribution in [-0.4, -0.2) is 28.2 Å². The lowest BCUT2D eigenvalue weighted by atomic mass is 10.1. The minimum absolute atomic E-state index is 0.0841. The molecule has 1 aromatic carbocycles. The molecule has 2 rings (SSSR count). The molecule has 0 saturated carbocycles. The van der Waals surface area contributed by atoms with Crippen molar-refractivity contribution >= 4 is 5.97 Å². The number of nitrogens with two attached hydrogens (primary N) is 1. The number of carboxylic acid groups (broad SMARTS) is 1. The number of methoxy groups -OCH3 is 1. The topological polar surface area (TPSA) is 98.3 Å². The molecule has 0 aliphatic heterocycles. The number of carboxylic acids is 1. The maximum atomic E-state index is 10.8. The van der Waals surface area contributed by atoms with Gasteiger partial charge in [-0.25, -0.2) is 9.97 Å². The number of ether oxygens (including phenoxy) is 1. The second-order valence-corrected chi connectivity index (χ2v) is 3.84. The van der Waals surface area contributed by atoms with Gasteiger partial charge in [-0.05, 0) is 30.3 Å². The van der Waals surface area contributed by atoms with E-state index in [1.165, 1.54) is 6.20 Å². The van der Waals surface area contributed by atoms with Crippen LogP contribution < -0.4 is 10.5 Å². The zero-order chi connectivity index (χ0) is 13.8. The Labute approximate surface area is 109 Å². The van der Waals surface area contributed by atoms with Crippen LogP contribution in [0, 0.1) is 0 Å². The quantitative estimate of drug-likeness (QED) is 0.857. The van der Waals surface area contributed by atoms with Crippen LogP contribution in [0.2, 0.25) is 0 Å². The first-order valence-corrected chi connectivity index (χ1v) is 5.57. The summed E-state index contributed by atoms with van der Waals surface area (Å²) in [6.07, 6.45) is 1.49. The summed E-state index contributed by atoms with van der Waals surface area (Å²) in [6.45, 7) is 0. The van der Waals surface area contributed by atoms with Crippen molar-refractivity contribution in [1.29, 1.82) is 0 Å². The van der Waals surface area contributed by atoms with Crippen LogP contribution in [0.25, 0.3) is 11.3 Å². The number of carbonyl (C=O) groups is 1. The maximum Gasteiger partial charge on any atom is 0.328 e. The van der Waals surface area contributed by atoms with Gasteiger partial charge in [-0.1, -0.05) is 0 Å². The summed E-state index contributed by atoms with van der Waals surface area (Å²) in [4.78, 5) is 18.8. The van der Waals surface area contributed by atoms with E-state index < -0.39 is 12.0 Å². The first kappa shape index (κ1) is 13.0. The summed E-state index contributed by atoms with van der Waals surface area (Å²) < 4.78 is 5.07. The Morgan fingerprint density at radius 3 is 2.58 bits per heavy atom. The molecule has 6 heteroatoms. The van der Waals surface area contributed by atoms with Crippen LogP contribution in [0.4, 0.5) is 0 Å². The van der Waals surface area contributed by atoms with Gasteiger partial charge >= 0.3 is 5.97 Å². The fourth-order valence-corrected chi connectivity index (χ4v) is 1.56. The van der Waals surface area contributed by atoms with E-state index in [0.717, 1.165) is 11.3 Å². The molecule has 6 nitrogen and oxygen atoms in total. The molecule has 0 radical (unpaired) electrons. The summed E-state index contributed by atoms with van der Waals surface area (Å²) in [6, 6.07) is 7.73. The van der Waals surface area contributed by atoms with Crippen molar-refractivity contribution in [2.24, 2.45) is 5.73 Å². The van der Waals surface area contributed by atoms with Crippen molar-refractivity contribution < 1.29 is 14.6 Å². The highest BCUT2D eigenvalue weighted by Crippen LogP contribution is 2.21. The number of benzene rings is 1. The summed E-state index contributed by atoms with van der Waals surface area (Å²) in [5.74, 6) is -0.340. The van der Waals surface area contributed by atoms with E-state index in [2.05, 4.69) is 9.97 Å². The Balaban J connectivity index is 2.34. The fraction of sp³-hybridized carbons (Fsp3) is 0.154. The van der Waals surface area contributed by atoms with Crippen molar-refractivity contribution in [2.75, 3.05) is 7.11 Å². The van der Waals surface area contributed by atoms with E-state index in [0.29, 0.717) is 5.69 Å². The Morgan fingerprint density at radius 2 is 2.00 bits per heavy atom. The molecule has 0 amide bonds. The molecule has 0 fully saturated rings. The molecular weight excluding hydrogens is 246 g/mol. The summed E-state index contributed by atoms with van der Waals surface area (Å²) in [5, 5.41) is 8.84. The molecule has 2 aromatic rings. The Bertz CT molecular complexity index is 584. The van der Waals surface area contributed by atoms with Crippen molar-refractivity contribution in [3.8, 4) is 17.0 Å². The van der Waals surface area contributed by atoms with Gasteiger partial charge < -0.3 is 15.6 Å². The van der Waals surface area contributed by atoms with Gasteiger partial charge in [-0.2, -0.15) is 0 Å². The van der Waals surface area contributed by atoms with Gasteiger partial charge in [-0.3, -0.25) is 4.79 Å². The van der Waals surface area contributed by atoms with Crippen molar-refractivity contribution in [2.45, 2.75) is 6.04 Å². The highest BCUT2D eigenvalue weighted by molar-refractivity contribution is 5.74. The minimum Gasteiger partial charge on any atom is -0.497 e. The largest absolute Gasteiger partial charge is 0.497 e. The number of rotatable bonds is 4. The summed E-state index contributed by atoms with van der Waals surface area (Å²) >= 11 is 0. The fourth-order valence-electron chi connectivity index (χ4n) is 1.56. The molecular formula is C13H13N3O3. The SMILES string of the molecule is COc1ccc(-c2ccnc(C(N)C(=O)O)n2)cc1. The zero-order valence-electron chi connectivity index (χ0n) is 10.3. The van der Waals surface area contributed by atoms with Crippen LogP contribution in [0.3, 0.4) is 0 Å². The van der Waals surface area contributed by atoms with Gasteiger partial charge in [0.25, 0.3) is 0 Å². The zero-order valence-corrected chi connectivity index (χ0v) is 10.3. The van der Waals surface area contributed by atoms with Crippen molar-refractivity contribution in [1.82, 2.24) is 9.97 Å². The average molecular weight is 259 g/mol. The third kappa shape index (κ3) is 2.86. The first-order chi connectivity index (χ1) is 9.11. The summed E-state index contributed by atoms with van der Waals surface area (Å²) in [5.41, 5.74) is 6.94. The number of hydrogen-bond acceptors (Lipinski definition) is 5. The summed E-state index contributed by atoms with van der Waals surface area (Å²) in [7, 11) is 1.59. The normalized spacial score (nSPS) is 11.9. The van der Waals surface area contributed by atoms with E-state index in [1.54, 1.807) is 25.3 Å². The third-order valence-electron chi connectivity index (χ3n) is 2.60. The number of aromatic nitrogens is 2. The molecule has 0 saturated heterocycles. The molecule has 3 N–H and O–H groups in total.